The molecule has 308 valence electrons. The molecule has 1 unspecified atom stereocenters. The average molecular weight is 813 g/mol. The van der Waals surface area contributed by atoms with Gasteiger partial charge in [-0.15, -0.1) is 0 Å². The third-order valence-corrected chi connectivity index (χ3v) is 10.5. The van der Waals surface area contributed by atoms with E-state index in [1.54, 1.807) is 81.1 Å². The zero-order chi connectivity index (χ0) is 42.3. The fourth-order valence-corrected chi connectivity index (χ4v) is 7.89. The zero-order valence-electron chi connectivity index (χ0n) is 33.4. The third-order valence-electron chi connectivity index (χ3n) is 10.1. The van der Waals surface area contributed by atoms with E-state index in [0.29, 0.717) is 34.8 Å². The van der Waals surface area contributed by atoms with Crippen molar-refractivity contribution >= 4 is 41.2 Å². The first-order valence-corrected chi connectivity index (χ1v) is 19.4. The summed E-state index contributed by atoms with van der Waals surface area (Å²) in [4.78, 5) is 71.5. The molecule has 1 aliphatic rings. The third kappa shape index (κ3) is 10.5. The van der Waals surface area contributed by atoms with E-state index in [1.165, 1.54) is 14.0 Å². The van der Waals surface area contributed by atoms with Crippen molar-refractivity contribution in [3.63, 3.8) is 0 Å². The van der Waals surface area contributed by atoms with Crippen LogP contribution in [0.3, 0.4) is 0 Å². The number of benzene rings is 3. The smallest absolute Gasteiger partial charge is 0.444 e. The fraction of sp³-hybridized carbons (Fsp3) is 0.465. The highest BCUT2D eigenvalue weighted by Crippen LogP contribution is 2.44. The second kappa shape index (κ2) is 18.6. The van der Waals surface area contributed by atoms with Gasteiger partial charge in [-0.2, -0.15) is 13.2 Å². The standard InChI is InChI=1S/C43H52ClF3N4O6/c1-27(2)26-41(6,49-39(55)43(45,46)47)40(56)50(7)36(28(3)4)37(53)48-34(38(54)51-23-13-14-24-51)25-35(52)57-42(30-15-9-8-10-16-30,31-21-19-29(5)20-22-31)32-17-11-12-18-33(32)44/h8-12,15-22,27-28,34,36H,13-14,23-26H2,1-7H3,(H,48,53)(H,49,55)/t34-,36-,41-,42?/m0/s1. The Balaban J connectivity index is 1.73. The number of amides is 4. The molecule has 3 aromatic rings. The van der Waals surface area contributed by atoms with Crippen molar-refractivity contribution in [2.45, 2.75) is 96.6 Å². The van der Waals surface area contributed by atoms with Crippen molar-refractivity contribution in [3.8, 4) is 0 Å². The molecule has 0 aliphatic carbocycles. The highest BCUT2D eigenvalue weighted by Gasteiger charge is 2.48. The van der Waals surface area contributed by atoms with Crippen LogP contribution in [0.1, 0.15) is 82.6 Å². The van der Waals surface area contributed by atoms with Crippen molar-refractivity contribution in [2.24, 2.45) is 11.8 Å². The number of hydrogen-bond acceptors (Lipinski definition) is 6. The number of nitrogens with zero attached hydrogens (tertiary/aromatic N) is 2. The average Bonchev–Trinajstić information content (AvgIpc) is 3.68. The summed E-state index contributed by atoms with van der Waals surface area (Å²) in [6.07, 6.45) is -4.59. The molecule has 4 atom stereocenters. The van der Waals surface area contributed by atoms with Crippen LogP contribution in [0.25, 0.3) is 0 Å². The Hall–Kier alpha value is -4.91. The molecule has 10 nitrogen and oxygen atoms in total. The van der Waals surface area contributed by atoms with Crippen molar-refractivity contribution in [1.29, 1.82) is 0 Å². The first-order chi connectivity index (χ1) is 26.7. The van der Waals surface area contributed by atoms with E-state index < -0.39 is 71.3 Å². The summed E-state index contributed by atoms with van der Waals surface area (Å²) in [6, 6.07) is 20.6. The van der Waals surface area contributed by atoms with E-state index in [4.69, 9.17) is 16.3 Å². The lowest BCUT2D eigenvalue weighted by Gasteiger charge is -2.39. The molecular formula is C43H52ClF3N4O6. The lowest BCUT2D eigenvalue weighted by Crippen LogP contribution is -2.64. The summed E-state index contributed by atoms with van der Waals surface area (Å²) < 4.78 is 46.7. The number of esters is 1. The number of carbonyl (C=O) groups is 5. The molecule has 3 aromatic carbocycles. The van der Waals surface area contributed by atoms with Crippen molar-refractivity contribution < 1.29 is 41.9 Å². The van der Waals surface area contributed by atoms with Crippen LogP contribution in [0, 0.1) is 18.8 Å². The van der Waals surface area contributed by atoms with Gasteiger partial charge in [0.25, 0.3) is 0 Å². The largest absolute Gasteiger partial charge is 0.471 e. The summed E-state index contributed by atoms with van der Waals surface area (Å²) in [7, 11) is 1.26. The molecule has 0 aromatic heterocycles. The van der Waals surface area contributed by atoms with Crippen LogP contribution in [-0.2, 0) is 34.3 Å². The molecule has 1 aliphatic heterocycles. The Morgan fingerprint density at radius 2 is 1.42 bits per heavy atom. The van der Waals surface area contributed by atoms with Crippen molar-refractivity contribution in [1.82, 2.24) is 20.4 Å². The number of likely N-dealkylation sites (tertiary alicyclic amines) is 1. The predicted molar refractivity (Wildman–Crippen MR) is 211 cm³/mol. The van der Waals surface area contributed by atoms with Gasteiger partial charge in [0.2, 0.25) is 17.7 Å². The van der Waals surface area contributed by atoms with Gasteiger partial charge in [0.15, 0.2) is 5.60 Å². The maximum atomic E-state index is 14.4. The Labute approximate surface area is 337 Å². The van der Waals surface area contributed by atoms with E-state index in [-0.39, 0.29) is 12.3 Å². The topological polar surface area (TPSA) is 125 Å². The van der Waals surface area contributed by atoms with Crippen LogP contribution in [0.5, 0.6) is 0 Å². The monoisotopic (exact) mass is 812 g/mol. The molecule has 4 amide bonds. The molecule has 0 spiro atoms. The number of halogens is 4. The van der Waals surface area contributed by atoms with Crippen LogP contribution < -0.4 is 10.6 Å². The Morgan fingerprint density at radius 3 is 1.96 bits per heavy atom. The van der Waals surface area contributed by atoms with Crippen LogP contribution in [0.2, 0.25) is 5.02 Å². The van der Waals surface area contributed by atoms with Crippen LogP contribution >= 0.6 is 11.6 Å². The molecular weight excluding hydrogens is 761 g/mol. The number of ether oxygens (including phenoxy) is 1. The summed E-state index contributed by atoms with van der Waals surface area (Å²) >= 11 is 6.84. The molecule has 1 heterocycles. The molecule has 0 radical (unpaired) electrons. The number of hydrogen-bond donors (Lipinski definition) is 2. The lowest BCUT2D eigenvalue weighted by molar-refractivity contribution is -0.177. The minimum atomic E-state index is -5.26. The number of aryl methyl sites for hydroxylation is 1. The predicted octanol–water partition coefficient (Wildman–Crippen LogP) is 6.95. The molecule has 14 heteroatoms. The minimum absolute atomic E-state index is 0.165. The Bertz CT molecular complexity index is 1900. The molecule has 2 N–H and O–H groups in total. The van der Waals surface area contributed by atoms with E-state index in [9.17, 15) is 37.1 Å². The summed E-state index contributed by atoms with van der Waals surface area (Å²) in [5.74, 6) is -6.37. The van der Waals surface area contributed by atoms with Crippen LogP contribution in [0.15, 0.2) is 78.9 Å². The Morgan fingerprint density at radius 1 is 0.860 bits per heavy atom. The van der Waals surface area contributed by atoms with Gasteiger partial charge in [-0.05, 0) is 51.0 Å². The van der Waals surface area contributed by atoms with Crippen LogP contribution in [0.4, 0.5) is 13.2 Å². The second-order valence-electron chi connectivity index (χ2n) is 15.7. The molecule has 0 saturated carbocycles. The fourth-order valence-electron chi connectivity index (χ4n) is 7.62. The highest BCUT2D eigenvalue weighted by atomic mass is 35.5. The molecule has 1 saturated heterocycles. The van der Waals surface area contributed by atoms with Gasteiger partial charge >= 0.3 is 18.1 Å². The van der Waals surface area contributed by atoms with Crippen molar-refractivity contribution in [2.75, 3.05) is 20.1 Å². The van der Waals surface area contributed by atoms with E-state index in [0.717, 1.165) is 23.3 Å². The first kappa shape index (κ1) is 44.8. The number of rotatable bonds is 15. The molecule has 1 fully saturated rings. The lowest BCUT2D eigenvalue weighted by atomic mass is 9.79. The number of alkyl halides is 3. The molecule has 4 rings (SSSR count). The second-order valence-corrected chi connectivity index (χ2v) is 16.1. The number of likely N-dealkylation sites (N-methyl/N-ethyl adjacent to an activating group) is 1. The van der Waals surface area contributed by atoms with Gasteiger partial charge in [0.1, 0.15) is 17.6 Å². The van der Waals surface area contributed by atoms with E-state index >= 15 is 0 Å². The first-order valence-electron chi connectivity index (χ1n) is 19.1. The van der Waals surface area contributed by atoms with Crippen molar-refractivity contribution in [3.05, 3.63) is 106 Å². The van der Waals surface area contributed by atoms with Gasteiger partial charge in [-0.1, -0.05) is 118 Å². The van der Waals surface area contributed by atoms with Gasteiger partial charge < -0.3 is 25.2 Å². The highest BCUT2D eigenvalue weighted by molar-refractivity contribution is 6.31. The summed E-state index contributed by atoms with van der Waals surface area (Å²) in [6.45, 7) is 10.5. The summed E-state index contributed by atoms with van der Waals surface area (Å²) in [5, 5.41) is 4.87. The maximum Gasteiger partial charge on any atom is 0.471 e. The van der Waals surface area contributed by atoms with Gasteiger partial charge in [-0.3, -0.25) is 24.0 Å². The normalized spacial score (nSPS) is 16.3. The maximum absolute atomic E-state index is 14.4. The molecule has 0 bridgehead atoms. The SMILES string of the molecule is Cc1ccc(C(OC(=O)C[C@H](NC(=O)[C@H](C(C)C)N(C)C(=O)[C@](C)(CC(C)C)NC(=O)C(F)(F)F)C(=O)N2CCCC2)(c2ccccc2)c2ccccc2Cl)cc1. The Kier molecular flexibility index (Phi) is 14.6. The quantitative estimate of drug-likeness (QED) is 0.127. The van der Waals surface area contributed by atoms with Gasteiger partial charge in [0, 0.05) is 41.9 Å². The number of carbonyl (C=O) groups excluding carboxylic acids is 5. The summed E-state index contributed by atoms with van der Waals surface area (Å²) in [5.41, 5.74) is -1.06. The number of nitrogens with one attached hydrogen (secondary N) is 2. The molecule has 57 heavy (non-hydrogen) atoms. The van der Waals surface area contributed by atoms with Gasteiger partial charge in [0.05, 0.1) is 6.42 Å². The minimum Gasteiger partial charge on any atom is -0.444 e. The van der Waals surface area contributed by atoms with E-state index in [1.807, 2.05) is 42.6 Å². The van der Waals surface area contributed by atoms with E-state index in [2.05, 4.69) is 5.32 Å². The van der Waals surface area contributed by atoms with Crippen LogP contribution in [-0.4, -0.2) is 83.3 Å². The zero-order valence-corrected chi connectivity index (χ0v) is 34.2. The van der Waals surface area contributed by atoms with Gasteiger partial charge in [-0.25, -0.2) is 0 Å².